The highest BCUT2D eigenvalue weighted by atomic mass is 79.9. The molecular formula is C14H7BrF3NO4. The molecule has 0 atom stereocenters. The van der Waals surface area contributed by atoms with Gasteiger partial charge in [0.1, 0.15) is 5.75 Å². The number of rotatable bonds is 4. The van der Waals surface area contributed by atoms with E-state index in [2.05, 4.69) is 15.9 Å². The molecule has 2 aromatic carbocycles. The number of alkyl halides is 3. The highest BCUT2D eigenvalue weighted by molar-refractivity contribution is 9.10. The van der Waals surface area contributed by atoms with Crippen molar-refractivity contribution < 1.29 is 27.6 Å². The topological polar surface area (TPSA) is 69.4 Å². The number of ether oxygens (including phenoxy) is 1. The number of nitrogens with zero attached hydrogens (tertiary/aromatic N) is 1. The van der Waals surface area contributed by atoms with E-state index in [4.69, 9.17) is 4.74 Å². The Bertz CT molecular complexity index is 777. The van der Waals surface area contributed by atoms with Crippen LogP contribution in [0.25, 0.3) is 0 Å². The minimum absolute atomic E-state index is 0.00828. The number of hydrogen-bond acceptors (Lipinski definition) is 4. The largest absolute Gasteiger partial charge is 0.449 e. The van der Waals surface area contributed by atoms with Crippen LogP contribution in [0, 0.1) is 10.1 Å². The van der Waals surface area contributed by atoms with Gasteiger partial charge in [-0.2, -0.15) is 13.2 Å². The average Bonchev–Trinajstić information content (AvgIpc) is 2.48. The van der Waals surface area contributed by atoms with Crippen LogP contribution in [0.1, 0.15) is 15.9 Å². The summed E-state index contributed by atoms with van der Waals surface area (Å²) >= 11 is 3.14. The molecule has 0 saturated heterocycles. The third-order valence-corrected chi connectivity index (χ3v) is 3.29. The number of nitro benzene ring substituents is 1. The molecule has 0 fully saturated rings. The van der Waals surface area contributed by atoms with Crippen LogP contribution in [-0.2, 0) is 6.18 Å². The Morgan fingerprint density at radius 2 is 1.78 bits per heavy atom. The van der Waals surface area contributed by atoms with Gasteiger partial charge in [0.05, 0.1) is 16.1 Å². The Balaban J connectivity index is 2.48. The number of nitro groups is 1. The van der Waals surface area contributed by atoms with E-state index in [1.165, 1.54) is 18.2 Å². The zero-order valence-electron chi connectivity index (χ0n) is 11.1. The third-order valence-electron chi connectivity index (χ3n) is 2.80. The summed E-state index contributed by atoms with van der Waals surface area (Å²) in [6.45, 7) is 0. The lowest BCUT2D eigenvalue weighted by Crippen LogP contribution is -2.06. The molecule has 0 radical (unpaired) electrons. The fourth-order valence-corrected chi connectivity index (χ4v) is 2.12. The summed E-state index contributed by atoms with van der Waals surface area (Å²) < 4.78 is 43.7. The molecule has 0 heterocycles. The van der Waals surface area contributed by atoms with Crippen molar-refractivity contribution in [2.45, 2.75) is 6.18 Å². The number of halogens is 4. The van der Waals surface area contributed by atoms with Gasteiger partial charge in [0.15, 0.2) is 6.29 Å². The lowest BCUT2D eigenvalue weighted by atomic mass is 10.1. The smallest absolute Gasteiger partial charge is 0.416 e. The molecule has 23 heavy (non-hydrogen) atoms. The van der Waals surface area contributed by atoms with E-state index in [-0.39, 0.29) is 11.3 Å². The van der Waals surface area contributed by atoms with Crippen LogP contribution in [0.4, 0.5) is 18.9 Å². The average molecular weight is 390 g/mol. The van der Waals surface area contributed by atoms with Crippen molar-refractivity contribution >= 4 is 27.9 Å². The molecule has 0 N–H and O–H groups in total. The number of hydrogen-bond donors (Lipinski definition) is 0. The zero-order chi connectivity index (χ0) is 17.2. The number of aldehydes is 1. The first kappa shape index (κ1) is 16.9. The summed E-state index contributed by atoms with van der Waals surface area (Å²) in [5.41, 5.74) is -1.92. The molecule has 0 amide bonds. The van der Waals surface area contributed by atoms with Gasteiger partial charge in [0, 0.05) is 10.5 Å². The molecule has 9 heteroatoms. The second-order valence-corrected chi connectivity index (χ2v) is 5.26. The lowest BCUT2D eigenvalue weighted by molar-refractivity contribution is -0.385. The van der Waals surface area contributed by atoms with E-state index in [1.807, 2.05) is 0 Å². The molecule has 0 aliphatic carbocycles. The Labute approximate surface area is 136 Å². The highest BCUT2D eigenvalue weighted by Gasteiger charge is 2.33. The van der Waals surface area contributed by atoms with Crippen molar-refractivity contribution in [3.05, 3.63) is 62.1 Å². The minimum Gasteiger partial charge on any atom is -0.449 e. The normalized spacial score (nSPS) is 11.1. The van der Waals surface area contributed by atoms with E-state index in [9.17, 15) is 28.1 Å². The van der Waals surface area contributed by atoms with Crippen molar-refractivity contribution in [3.63, 3.8) is 0 Å². The van der Waals surface area contributed by atoms with Crippen molar-refractivity contribution in [2.75, 3.05) is 0 Å². The first-order valence-electron chi connectivity index (χ1n) is 6.00. The Kier molecular flexibility index (Phi) is 4.69. The molecule has 2 rings (SSSR count). The van der Waals surface area contributed by atoms with Gasteiger partial charge in [0.25, 0.3) is 0 Å². The Morgan fingerprint density at radius 1 is 1.13 bits per heavy atom. The van der Waals surface area contributed by atoms with Crippen LogP contribution in [0.3, 0.4) is 0 Å². The second kappa shape index (κ2) is 6.37. The van der Waals surface area contributed by atoms with Crippen molar-refractivity contribution in [2.24, 2.45) is 0 Å². The van der Waals surface area contributed by atoms with Gasteiger partial charge < -0.3 is 4.74 Å². The van der Waals surface area contributed by atoms with Gasteiger partial charge in [0.2, 0.25) is 5.75 Å². The maximum absolute atomic E-state index is 12.6. The Hall–Kier alpha value is -2.42. The van der Waals surface area contributed by atoms with E-state index in [0.29, 0.717) is 22.9 Å². The van der Waals surface area contributed by atoms with Crippen molar-refractivity contribution in [1.29, 1.82) is 0 Å². The monoisotopic (exact) mass is 389 g/mol. The van der Waals surface area contributed by atoms with Crippen LogP contribution in [-0.4, -0.2) is 11.2 Å². The number of carbonyl (C=O) groups is 1. The fourth-order valence-electron chi connectivity index (χ4n) is 1.75. The predicted molar refractivity (Wildman–Crippen MR) is 77.7 cm³/mol. The summed E-state index contributed by atoms with van der Waals surface area (Å²) in [5, 5.41) is 11.0. The molecule has 0 spiro atoms. The van der Waals surface area contributed by atoms with Crippen LogP contribution in [0.5, 0.6) is 11.5 Å². The van der Waals surface area contributed by atoms with Crippen LogP contribution in [0.2, 0.25) is 0 Å². The fraction of sp³-hybridized carbons (Fsp3) is 0.0714. The van der Waals surface area contributed by atoms with E-state index < -0.39 is 28.1 Å². The van der Waals surface area contributed by atoms with E-state index in [0.717, 1.165) is 6.07 Å². The maximum atomic E-state index is 12.6. The summed E-state index contributed by atoms with van der Waals surface area (Å²) in [7, 11) is 0. The highest BCUT2D eigenvalue weighted by Crippen LogP contribution is 2.38. The number of carbonyl (C=O) groups excluding carboxylic acids is 1. The molecule has 0 aromatic heterocycles. The van der Waals surface area contributed by atoms with Gasteiger partial charge in [-0.15, -0.1) is 0 Å². The standard InChI is InChI=1S/C14H7BrF3NO4/c15-10-2-4-12(8(5-10)7-20)23-13-3-1-9(14(16,17)18)6-11(13)19(21)22/h1-7H. The molecular weight excluding hydrogens is 383 g/mol. The zero-order valence-corrected chi connectivity index (χ0v) is 12.7. The van der Waals surface area contributed by atoms with Gasteiger partial charge in [-0.3, -0.25) is 14.9 Å². The first-order chi connectivity index (χ1) is 10.7. The van der Waals surface area contributed by atoms with Crippen LogP contribution < -0.4 is 4.74 Å². The van der Waals surface area contributed by atoms with Crippen molar-refractivity contribution in [3.8, 4) is 11.5 Å². The van der Waals surface area contributed by atoms with E-state index in [1.54, 1.807) is 0 Å². The van der Waals surface area contributed by atoms with Gasteiger partial charge >= 0.3 is 11.9 Å². The molecule has 0 bridgehead atoms. The molecule has 0 unspecified atom stereocenters. The Morgan fingerprint density at radius 3 is 2.35 bits per heavy atom. The SMILES string of the molecule is O=Cc1cc(Br)ccc1Oc1ccc(C(F)(F)F)cc1[N+](=O)[O-]. The minimum atomic E-state index is -4.71. The summed E-state index contributed by atoms with van der Waals surface area (Å²) in [4.78, 5) is 21.0. The molecule has 120 valence electrons. The lowest BCUT2D eigenvalue weighted by Gasteiger charge is -2.11. The maximum Gasteiger partial charge on any atom is 0.416 e. The molecule has 0 saturated carbocycles. The quantitative estimate of drug-likeness (QED) is 0.420. The predicted octanol–water partition coefficient (Wildman–Crippen LogP) is 4.98. The summed E-state index contributed by atoms with van der Waals surface area (Å²) in [6.07, 6.45) is -4.25. The second-order valence-electron chi connectivity index (χ2n) is 4.34. The third kappa shape index (κ3) is 3.86. The van der Waals surface area contributed by atoms with Gasteiger partial charge in [-0.1, -0.05) is 15.9 Å². The molecule has 0 aliphatic heterocycles. The van der Waals surface area contributed by atoms with Crippen LogP contribution in [0.15, 0.2) is 40.9 Å². The van der Waals surface area contributed by atoms with Crippen LogP contribution >= 0.6 is 15.9 Å². The molecule has 0 aliphatic rings. The van der Waals surface area contributed by atoms with Gasteiger partial charge in [-0.05, 0) is 30.3 Å². The summed E-state index contributed by atoms with van der Waals surface area (Å²) in [6, 6.07) is 6.21. The van der Waals surface area contributed by atoms with Crippen molar-refractivity contribution in [1.82, 2.24) is 0 Å². The molecule has 5 nitrogen and oxygen atoms in total. The van der Waals surface area contributed by atoms with E-state index >= 15 is 0 Å². The first-order valence-corrected chi connectivity index (χ1v) is 6.80. The summed E-state index contributed by atoms with van der Waals surface area (Å²) in [5.74, 6) is -0.403. The molecule has 2 aromatic rings. The number of benzene rings is 2. The van der Waals surface area contributed by atoms with Gasteiger partial charge in [-0.25, -0.2) is 0 Å².